The van der Waals surface area contributed by atoms with Gasteiger partial charge in [0.05, 0.1) is 35.2 Å². The number of ether oxygens (including phenoxy) is 2. The zero-order valence-electron chi connectivity index (χ0n) is 13.2. The Bertz CT molecular complexity index is 806. The predicted molar refractivity (Wildman–Crippen MR) is 84.6 cm³/mol. The molecule has 0 unspecified atom stereocenters. The Kier molecular flexibility index (Phi) is 4.13. The molecule has 0 aliphatic carbocycles. The first-order valence-corrected chi connectivity index (χ1v) is 8.73. The van der Waals surface area contributed by atoms with Crippen LogP contribution in [0, 0.1) is 13.8 Å². The molecule has 1 aliphatic heterocycles. The number of benzene rings is 1. The second-order valence-corrected chi connectivity index (χ2v) is 7.10. The van der Waals surface area contributed by atoms with E-state index in [2.05, 4.69) is 9.82 Å². The maximum absolute atomic E-state index is 12.5. The first-order valence-electron chi connectivity index (χ1n) is 7.24. The SMILES string of the molecule is Cc1nn(C)c(C)c1NS(=O)(=O)c1ccc(C2OCCO2)cc1. The van der Waals surface area contributed by atoms with Crippen molar-refractivity contribution in [2.24, 2.45) is 7.05 Å². The fourth-order valence-corrected chi connectivity index (χ4v) is 3.65. The number of aryl methyl sites for hydroxylation is 2. The van der Waals surface area contributed by atoms with E-state index in [1.165, 1.54) is 0 Å². The van der Waals surface area contributed by atoms with Crippen LogP contribution in [0.5, 0.6) is 0 Å². The molecule has 0 amide bonds. The smallest absolute Gasteiger partial charge is 0.262 e. The quantitative estimate of drug-likeness (QED) is 0.921. The summed E-state index contributed by atoms with van der Waals surface area (Å²) < 4.78 is 40.1. The van der Waals surface area contributed by atoms with Crippen LogP contribution in [0.25, 0.3) is 0 Å². The highest BCUT2D eigenvalue weighted by Crippen LogP contribution is 2.26. The van der Waals surface area contributed by atoms with Crippen molar-refractivity contribution < 1.29 is 17.9 Å². The molecule has 0 bridgehead atoms. The summed E-state index contributed by atoms with van der Waals surface area (Å²) in [7, 11) is -1.90. The first kappa shape index (κ1) is 16.0. The summed E-state index contributed by atoms with van der Waals surface area (Å²) in [5, 5.41) is 4.21. The third-order valence-electron chi connectivity index (χ3n) is 3.83. The molecular weight excluding hydrogens is 318 g/mol. The maximum Gasteiger partial charge on any atom is 0.262 e. The molecule has 1 aromatic carbocycles. The largest absolute Gasteiger partial charge is 0.346 e. The van der Waals surface area contributed by atoms with E-state index in [0.29, 0.717) is 24.6 Å². The van der Waals surface area contributed by atoms with Crippen molar-refractivity contribution in [3.8, 4) is 0 Å². The van der Waals surface area contributed by atoms with E-state index in [0.717, 1.165) is 11.3 Å². The summed E-state index contributed by atoms with van der Waals surface area (Å²) in [6.45, 7) is 4.68. The molecule has 1 aliphatic rings. The van der Waals surface area contributed by atoms with Gasteiger partial charge in [0.25, 0.3) is 10.0 Å². The van der Waals surface area contributed by atoms with Crippen molar-refractivity contribution >= 4 is 15.7 Å². The fourth-order valence-electron chi connectivity index (χ4n) is 2.47. The van der Waals surface area contributed by atoms with E-state index < -0.39 is 16.3 Å². The number of hydrogen-bond donors (Lipinski definition) is 1. The highest BCUT2D eigenvalue weighted by atomic mass is 32.2. The summed E-state index contributed by atoms with van der Waals surface area (Å²) in [6.07, 6.45) is -0.414. The van der Waals surface area contributed by atoms with Crippen LogP contribution < -0.4 is 4.72 Å². The number of nitrogens with one attached hydrogen (secondary N) is 1. The number of rotatable bonds is 4. The van der Waals surface area contributed by atoms with Crippen LogP contribution >= 0.6 is 0 Å². The molecule has 8 heteroatoms. The van der Waals surface area contributed by atoms with Crippen molar-refractivity contribution in [3.63, 3.8) is 0 Å². The van der Waals surface area contributed by atoms with Crippen molar-refractivity contribution in [1.82, 2.24) is 9.78 Å². The minimum Gasteiger partial charge on any atom is -0.346 e. The molecule has 0 saturated carbocycles. The van der Waals surface area contributed by atoms with E-state index in [-0.39, 0.29) is 4.90 Å². The zero-order chi connectivity index (χ0) is 16.6. The van der Waals surface area contributed by atoms with Crippen LogP contribution in [-0.4, -0.2) is 31.4 Å². The molecular formula is C15H19N3O4S. The molecule has 2 heterocycles. The molecule has 1 N–H and O–H groups in total. The lowest BCUT2D eigenvalue weighted by Crippen LogP contribution is -2.14. The normalized spacial score (nSPS) is 16.0. The molecule has 0 atom stereocenters. The lowest BCUT2D eigenvalue weighted by molar-refractivity contribution is -0.0441. The van der Waals surface area contributed by atoms with Gasteiger partial charge in [-0.2, -0.15) is 5.10 Å². The van der Waals surface area contributed by atoms with Crippen molar-refractivity contribution in [2.45, 2.75) is 25.0 Å². The average molecular weight is 337 g/mol. The van der Waals surface area contributed by atoms with Crippen molar-refractivity contribution in [3.05, 3.63) is 41.2 Å². The monoisotopic (exact) mass is 337 g/mol. The van der Waals surface area contributed by atoms with E-state index in [4.69, 9.17) is 9.47 Å². The number of hydrogen-bond acceptors (Lipinski definition) is 5. The van der Waals surface area contributed by atoms with E-state index >= 15 is 0 Å². The lowest BCUT2D eigenvalue weighted by atomic mass is 10.2. The second kappa shape index (κ2) is 5.95. The highest BCUT2D eigenvalue weighted by Gasteiger charge is 2.21. The number of anilines is 1. The van der Waals surface area contributed by atoms with Crippen molar-refractivity contribution in [1.29, 1.82) is 0 Å². The van der Waals surface area contributed by atoms with Gasteiger partial charge < -0.3 is 9.47 Å². The molecule has 0 spiro atoms. The van der Waals surface area contributed by atoms with Crippen LogP contribution in [0.2, 0.25) is 0 Å². The van der Waals surface area contributed by atoms with Gasteiger partial charge in [-0.15, -0.1) is 0 Å². The van der Waals surface area contributed by atoms with Gasteiger partial charge in [-0.05, 0) is 26.0 Å². The molecule has 1 saturated heterocycles. The Morgan fingerprint density at radius 3 is 2.30 bits per heavy atom. The summed E-state index contributed by atoms with van der Waals surface area (Å²) in [6, 6.07) is 6.49. The van der Waals surface area contributed by atoms with E-state index in [9.17, 15) is 8.42 Å². The highest BCUT2D eigenvalue weighted by molar-refractivity contribution is 7.92. The maximum atomic E-state index is 12.5. The Balaban J connectivity index is 1.84. The molecule has 3 rings (SSSR count). The second-order valence-electron chi connectivity index (χ2n) is 5.42. The van der Waals surface area contributed by atoms with Gasteiger partial charge in [0.15, 0.2) is 6.29 Å². The van der Waals surface area contributed by atoms with Gasteiger partial charge in [-0.1, -0.05) is 12.1 Å². The summed E-state index contributed by atoms with van der Waals surface area (Å²) in [5.41, 5.74) is 2.71. The van der Waals surface area contributed by atoms with Gasteiger partial charge >= 0.3 is 0 Å². The Morgan fingerprint density at radius 1 is 1.17 bits per heavy atom. The predicted octanol–water partition coefficient (Wildman–Crippen LogP) is 1.88. The Hall–Kier alpha value is -1.90. The molecule has 0 radical (unpaired) electrons. The van der Waals surface area contributed by atoms with Gasteiger partial charge in [-0.3, -0.25) is 9.40 Å². The van der Waals surface area contributed by atoms with Crippen molar-refractivity contribution in [2.75, 3.05) is 17.9 Å². The zero-order valence-corrected chi connectivity index (χ0v) is 14.1. The Morgan fingerprint density at radius 2 is 1.78 bits per heavy atom. The van der Waals surface area contributed by atoms with Crippen LogP contribution in [-0.2, 0) is 26.5 Å². The fraction of sp³-hybridized carbons (Fsp3) is 0.400. The number of nitrogens with zero attached hydrogens (tertiary/aromatic N) is 2. The summed E-state index contributed by atoms with van der Waals surface area (Å²) in [4.78, 5) is 0.182. The van der Waals surface area contributed by atoms with Gasteiger partial charge in [0, 0.05) is 12.6 Å². The van der Waals surface area contributed by atoms with Crippen LogP contribution in [0.15, 0.2) is 29.2 Å². The van der Waals surface area contributed by atoms with Gasteiger partial charge in [0.1, 0.15) is 0 Å². The first-order chi connectivity index (χ1) is 10.9. The van der Waals surface area contributed by atoms with Crippen LogP contribution in [0.3, 0.4) is 0 Å². The van der Waals surface area contributed by atoms with Gasteiger partial charge in [-0.25, -0.2) is 8.42 Å². The molecule has 23 heavy (non-hydrogen) atoms. The number of sulfonamides is 1. The van der Waals surface area contributed by atoms with E-state index in [1.54, 1.807) is 42.9 Å². The summed E-state index contributed by atoms with van der Waals surface area (Å²) >= 11 is 0. The molecule has 1 aromatic heterocycles. The van der Waals surface area contributed by atoms with Gasteiger partial charge in [0.2, 0.25) is 0 Å². The Labute approximate surface area is 135 Å². The van der Waals surface area contributed by atoms with Crippen LogP contribution in [0.4, 0.5) is 5.69 Å². The average Bonchev–Trinajstić information content (AvgIpc) is 3.13. The number of aromatic nitrogens is 2. The minimum atomic E-state index is -3.67. The van der Waals surface area contributed by atoms with Crippen LogP contribution in [0.1, 0.15) is 23.2 Å². The third-order valence-corrected chi connectivity index (χ3v) is 5.20. The topological polar surface area (TPSA) is 82.5 Å². The standard InChI is InChI=1S/C15H19N3O4S/c1-10-14(11(2)18(3)16-10)17-23(19,20)13-6-4-12(5-7-13)15-21-8-9-22-15/h4-7,15,17H,8-9H2,1-3H3. The third kappa shape index (κ3) is 3.10. The molecule has 7 nitrogen and oxygen atoms in total. The summed E-state index contributed by atoms with van der Waals surface area (Å²) in [5.74, 6) is 0. The molecule has 124 valence electrons. The molecule has 1 fully saturated rings. The lowest BCUT2D eigenvalue weighted by Gasteiger charge is -2.11. The minimum absolute atomic E-state index is 0.182. The van der Waals surface area contributed by atoms with E-state index in [1.807, 2.05) is 6.92 Å². The molecule has 2 aromatic rings.